The normalized spacial score (nSPS) is 10.7. The molecule has 1 N–H and O–H groups in total. The van der Waals surface area contributed by atoms with E-state index in [1.807, 2.05) is 11.4 Å². The Morgan fingerprint density at radius 3 is 3.00 bits per heavy atom. The monoisotopic (exact) mass is 286 g/mol. The van der Waals surface area contributed by atoms with Gasteiger partial charge in [0.1, 0.15) is 0 Å². The fourth-order valence-corrected chi connectivity index (χ4v) is 2.96. The molecular weight excluding hydrogens is 272 g/mol. The number of rotatable bonds is 7. The number of carboxylic acid groups (broad SMARTS) is 1. The summed E-state index contributed by atoms with van der Waals surface area (Å²) in [4.78, 5) is 22.6. The molecule has 0 atom stereocenters. The second-order valence-electron chi connectivity index (χ2n) is 3.32. The Bertz CT molecular complexity index is 437. The van der Waals surface area contributed by atoms with Crippen molar-refractivity contribution in [2.24, 2.45) is 0 Å². The van der Waals surface area contributed by atoms with Gasteiger partial charge in [-0.2, -0.15) is 0 Å². The molecule has 0 aliphatic rings. The van der Waals surface area contributed by atoms with Crippen LogP contribution in [0.2, 0.25) is 0 Å². The van der Waals surface area contributed by atoms with Gasteiger partial charge in [-0.25, -0.2) is 4.79 Å². The van der Waals surface area contributed by atoms with Gasteiger partial charge >= 0.3 is 11.9 Å². The van der Waals surface area contributed by atoms with E-state index >= 15 is 0 Å². The van der Waals surface area contributed by atoms with Gasteiger partial charge in [0.15, 0.2) is 0 Å². The van der Waals surface area contributed by atoms with Gasteiger partial charge in [0.25, 0.3) is 0 Å². The number of carbonyl (C=O) groups excluding carboxylic acids is 1. The number of hydrogen-bond donors (Lipinski definition) is 1. The van der Waals surface area contributed by atoms with Crippen LogP contribution in [0.5, 0.6) is 0 Å². The van der Waals surface area contributed by atoms with E-state index in [2.05, 4.69) is 0 Å². The number of esters is 1. The first-order valence-electron chi connectivity index (χ1n) is 5.33. The summed E-state index contributed by atoms with van der Waals surface area (Å²) in [5.41, 5.74) is 0.870. The van der Waals surface area contributed by atoms with Gasteiger partial charge in [-0.1, -0.05) is 0 Å². The van der Waals surface area contributed by atoms with E-state index in [1.165, 1.54) is 11.8 Å². The third-order valence-electron chi connectivity index (χ3n) is 1.86. The smallest absolute Gasteiger partial charge is 0.328 e. The Morgan fingerprint density at radius 1 is 1.56 bits per heavy atom. The number of aliphatic carboxylic acids is 1. The Balaban J connectivity index is 2.35. The Hall–Kier alpha value is -1.27. The van der Waals surface area contributed by atoms with Crippen LogP contribution in [0.1, 0.15) is 17.4 Å². The number of hydrogen-bond acceptors (Lipinski definition) is 5. The van der Waals surface area contributed by atoms with Gasteiger partial charge in [0, 0.05) is 16.7 Å². The molecule has 18 heavy (non-hydrogen) atoms. The number of carbonyl (C=O) groups is 2. The number of ether oxygens (including phenoxy) is 1. The van der Waals surface area contributed by atoms with Crippen molar-refractivity contribution in [1.29, 1.82) is 0 Å². The molecule has 1 aromatic heterocycles. The summed E-state index contributed by atoms with van der Waals surface area (Å²) in [7, 11) is 0. The van der Waals surface area contributed by atoms with Crippen LogP contribution in [0.25, 0.3) is 6.08 Å². The SMILES string of the molecule is CCOC(=O)CSCc1cc(C=CC(=O)O)cs1. The lowest BCUT2D eigenvalue weighted by molar-refractivity contribution is -0.139. The average Bonchev–Trinajstić information content (AvgIpc) is 2.75. The Kier molecular flexibility index (Phi) is 6.53. The first kappa shape index (κ1) is 14.8. The van der Waals surface area contributed by atoms with E-state index in [0.717, 1.165) is 22.3 Å². The van der Waals surface area contributed by atoms with Crippen LogP contribution in [-0.4, -0.2) is 29.4 Å². The van der Waals surface area contributed by atoms with Crippen LogP contribution in [0.15, 0.2) is 17.5 Å². The lowest BCUT2D eigenvalue weighted by atomic mass is 10.3. The molecule has 0 aromatic carbocycles. The minimum Gasteiger partial charge on any atom is -0.478 e. The zero-order valence-electron chi connectivity index (χ0n) is 9.92. The van der Waals surface area contributed by atoms with E-state index in [1.54, 1.807) is 24.3 Å². The van der Waals surface area contributed by atoms with E-state index in [9.17, 15) is 9.59 Å². The largest absolute Gasteiger partial charge is 0.478 e. The van der Waals surface area contributed by atoms with E-state index in [0.29, 0.717) is 12.4 Å². The van der Waals surface area contributed by atoms with Crippen LogP contribution >= 0.6 is 23.1 Å². The molecule has 0 amide bonds. The van der Waals surface area contributed by atoms with Crippen molar-refractivity contribution in [3.05, 3.63) is 28.0 Å². The minimum atomic E-state index is -0.959. The lowest BCUT2D eigenvalue weighted by Crippen LogP contribution is -2.06. The average molecular weight is 286 g/mol. The number of thiophene rings is 1. The first-order chi connectivity index (χ1) is 8.61. The second-order valence-corrected chi connectivity index (χ2v) is 5.30. The summed E-state index contributed by atoms with van der Waals surface area (Å²) in [5.74, 6) is -0.0966. The van der Waals surface area contributed by atoms with Gasteiger partial charge < -0.3 is 9.84 Å². The van der Waals surface area contributed by atoms with Gasteiger partial charge in [0.05, 0.1) is 12.4 Å². The molecule has 0 unspecified atom stereocenters. The molecular formula is C12H14O4S2. The molecule has 0 aliphatic heterocycles. The molecule has 0 radical (unpaired) electrons. The molecule has 0 saturated carbocycles. The molecule has 0 bridgehead atoms. The quantitative estimate of drug-likeness (QED) is 0.616. The zero-order chi connectivity index (χ0) is 13.4. The van der Waals surface area contributed by atoms with Crippen molar-refractivity contribution in [1.82, 2.24) is 0 Å². The van der Waals surface area contributed by atoms with Crippen molar-refractivity contribution < 1.29 is 19.4 Å². The standard InChI is InChI=1S/C12H14O4S2/c1-2-16-12(15)8-17-7-10-5-9(6-18-10)3-4-11(13)14/h3-6H,2,7-8H2,1H3,(H,13,14). The molecule has 0 spiro atoms. The van der Waals surface area contributed by atoms with E-state index in [-0.39, 0.29) is 5.97 Å². The van der Waals surface area contributed by atoms with E-state index in [4.69, 9.17) is 9.84 Å². The van der Waals surface area contributed by atoms with Gasteiger partial charge in [-0.15, -0.1) is 23.1 Å². The summed E-state index contributed by atoms with van der Waals surface area (Å²) < 4.78 is 4.82. The minimum absolute atomic E-state index is 0.204. The molecule has 1 heterocycles. The highest BCUT2D eigenvalue weighted by molar-refractivity contribution is 7.99. The number of carboxylic acids is 1. The van der Waals surface area contributed by atoms with Crippen molar-refractivity contribution in [2.45, 2.75) is 12.7 Å². The van der Waals surface area contributed by atoms with Gasteiger partial charge in [-0.05, 0) is 30.0 Å². The Morgan fingerprint density at radius 2 is 2.33 bits per heavy atom. The van der Waals surface area contributed by atoms with Crippen molar-refractivity contribution in [2.75, 3.05) is 12.4 Å². The maximum Gasteiger partial charge on any atom is 0.328 e. The topological polar surface area (TPSA) is 63.6 Å². The highest BCUT2D eigenvalue weighted by Crippen LogP contribution is 2.21. The van der Waals surface area contributed by atoms with E-state index < -0.39 is 5.97 Å². The molecule has 4 nitrogen and oxygen atoms in total. The van der Waals surface area contributed by atoms with Crippen LogP contribution in [0.4, 0.5) is 0 Å². The van der Waals surface area contributed by atoms with Crippen molar-refractivity contribution >= 4 is 41.1 Å². The molecule has 98 valence electrons. The van der Waals surface area contributed by atoms with Crippen molar-refractivity contribution in [3.8, 4) is 0 Å². The molecule has 1 rings (SSSR count). The van der Waals surface area contributed by atoms with Gasteiger partial charge in [0.2, 0.25) is 0 Å². The second kappa shape index (κ2) is 7.94. The fourth-order valence-electron chi connectivity index (χ4n) is 1.17. The maximum atomic E-state index is 11.1. The van der Waals surface area contributed by atoms with Crippen LogP contribution in [-0.2, 0) is 20.1 Å². The zero-order valence-corrected chi connectivity index (χ0v) is 11.6. The summed E-state index contributed by atoms with van der Waals surface area (Å²) >= 11 is 3.04. The highest BCUT2D eigenvalue weighted by atomic mass is 32.2. The summed E-state index contributed by atoms with van der Waals surface area (Å²) in [5, 5.41) is 10.4. The molecule has 6 heteroatoms. The summed E-state index contributed by atoms with van der Waals surface area (Å²) in [6.45, 7) is 2.19. The molecule has 0 fully saturated rings. The fraction of sp³-hybridized carbons (Fsp3) is 0.333. The highest BCUT2D eigenvalue weighted by Gasteiger charge is 2.03. The third kappa shape index (κ3) is 5.88. The molecule has 1 aromatic rings. The predicted octanol–water partition coefficient (Wildman–Crippen LogP) is 2.64. The predicted molar refractivity (Wildman–Crippen MR) is 73.8 cm³/mol. The maximum absolute atomic E-state index is 11.1. The van der Waals surface area contributed by atoms with Crippen LogP contribution in [0.3, 0.4) is 0 Å². The summed E-state index contributed by atoms with van der Waals surface area (Å²) in [6, 6.07) is 1.92. The summed E-state index contributed by atoms with van der Waals surface area (Å²) in [6.07, 6.45) is 2.66. The lowest BCUT2D eigenvalue weighted by Gasteiger charge is -2.00. The van der Waals surface area contributed by atoms with Crippen LogP contribution in [0, 0.1) is 0 Å². The molecule has 0 saturated heterocycles. The number of thioether (sulfide) groups is 1. The first-order valence-corrected chi connectivity index (χ1v) is 7.37. The van der Waals surface area contributed by atoms with Crippen molar-refractivity contribution in [3.63, 3.8) is 0 Å². The van der Waals surface area contributed by atoms with Gasteiger partial charge in [-0.3, -0.25) is 4.79 Å². The molecule has 0 aliphatic carbocycles. The Labute approximate surface area is 114 Å². The third-order valence-corrected chi connectivity index (χ3v) is 3.95. The van der Waals surface area contributed by atoms with Crippen LogP contribution < -0.4 is 0 Å².